The van der Waals surface area contributed by atoms with Gasteiger partial charge in [0.25, 0.3) is 0 Å². The molecule has 1 aliphatic carbocycles. The van der Waals surface area contributed by atoms with E-state index in [1.165, 1.54) is 37.2 Å². The smallest absolute Gasteiger partial charge is 0.120 e. The second-order valence-corrected chi connectivity index (χ2v) is 8.44. The first kappa shape index (κ1) is 18.4. The van der Waals surface area contributed by atoms with Crippen molar-refractivity contribution in [1.29, 1.82) is 0 Å². The fourth-order valence-corrected chi connectivity index (χ4v) is 4.49. The Kier molecular flexibility index (Phi) is 5.70. The number of hydrogen-bond acceptors (Lipinski definition) is 2. The van der Waals surface area contributed by atoms with E-state index in [-0.39, 0.29) is 0 Å². The van der Waals surface area contributed by atoms with Gasteiger partial charge in [0.15, 0.2) is 0 Å². The van der Waals surface area contributed by atoms with Gasteiger partial charge in [-0.15, -0.1) is 11.8 Å². The van der Waals surface area contributed by atoms with Crippen molar-refractivity contribution in [3.8, 4) is 5.75 Å². The Balaban J connectivity index is 1.60. The van der Waals surface area contributed by atoms with Crippen LogP contribution in [0.5, 0.6) is 5.75 Å². The number of fused-ring (bicyclic) bond motifs is 1. The first-order valence-corrected chi connectivity index (χ1v) is 11.1. The van der Waals surface area contributed by atoms with Gasteiger partial charge in [0, 0.05) is 9.38 Å². The van der Waals surface area contributed by atoms with E-state index in [0.29, 0.717) is 6.61 Å². The lowest BCUT2D eigenvalue weighted by Crippen LogP contribution is -2.05. The Morgan fingerprint density at radius 1 is 0.926 bits per heavy atom. The van der Waals surface area contributed by atoms with Gasteiger partial charge in [0.05, 0.1) is 0 Å². The van der Waals surface area contributed by atoms with E-state index < -0.39 is 0 Å². The Morgan fingerprint density at radius 2 is 1.70 bits per heavy atom. The van der Waals surface area contributed by atoms with Gasteiger partial charge >= 0.3 is 0 Å². The third-order valence-corrected chi connectivity index (χ3v) is 6.39. The normalized spacial score (nSPS) is 13.4. The maximum absolute atomic E-state index is 6.03. The molecule has 0 heterocycles. The van der Waals surface area contributed by atoms with E-state index in [4.69, 9.17) is 4.74 Å². The Labute approximate surface area is 173 Å². The Morgan fingerprint density at radius 3 is 2.44 bits per heavy atom. The van der Waals surface area contributed by atoms with Crippen LogP contribution in [0, 0.1) is 0 Å². The quantitative estimate of drug-likeness (QED) is 0.394. The standard InChI is InChI=1S/C24H21BrOS/c1-27-21-11-7-18(8-12-21)24-22-13-10-20(15-19(22)9-14-23(24)25)26-16-17-5-3-2-4-6-17/h2-8,10-13,15H,9,14,16H2,1H3. The minimum absolute atomic E-state index is 0.599. The number of benzene rings is 3. The molecule has 136 valence electrons. The van der Waals surface area contributed by atoms with Crippen molar-refractivity contribution >= 4 is 33.3 Å². The largest absolute Gasteiger partial charge is 0.489 e. The molecule has 1 aliphatic rings. The molecule has 3 aromatic rings. The van der Waals surface area contributed by atoms with Crippen molar-refractivity contribution in [3.05, 3.63) is 99.5 Å². The molecule has 27 heavy (non-hydrogen) atoms. The fourth-order valence-electron chi connectivity index (χ4n) is 3.44. The topological polar surface area (TPSA) is 9.23 Å². The van der Waals surface area contributed by atoms with Gasteiger partial charge in [0.1, 0.15) is 12.4 Å². The van der Waals surface area contributed by atoms with E-state index >= 15 is 0 Å². The van der Waals surface area contributed by atoms with Crippen molar-refractivity contribution in [1.82, 2.24) is 0 Å². The summed E-state index contributed by atoms with van der Waals surface area (Å²) in [7, 11) is 0. The lowest BCUT2D eigenvalue weighted by molar-refractivity contribution is 0.306. The molecule has 0 amide bonds. The van der Waals surface area contributed by atoms with Crippen LogP contribution in [0.1, 0.15) is 28.7 Å². The first-order valence-electron chi connectivity index (χ1n) is 9.07. The van der Waals surface area contributed by atoms with Gasteiger partial charge in [-0.2, -0.15) is 0 Å². The number of aryl methyl sites for hydroxylation is 1. The van der Waals surface area contributed by atoms with Gasteiger partial charge in [-0.1, -0.05) is 64.5 Å². The summed E-state index contributed by atoms with van der Waals surface area (Å²) in [5, 5.41) is 0. The number of allylic oxidation sites excluding steroid dienone is 1. The van der Waals surface area contributed by atoms with Gasteiger partial charge in [-0.25, -0.2) is 0 Å². The molecule has 0 unspecified atom stereocenters. The summed E-state index contributed by atoms with van der Waals surface area (Å²) in [6, 6.07) is 25.6. The maximum Gasteiger partial charge on any atom is 0.120 e. The SMILES string of the molecule is CSc1ccc(C2=C(Br)CCc3cc(OCc4ccccc4)ccc32)cc1. The van der Waals surface area contributed by atoms with Crippen molar-refractivity contribution < 1.29 is 4.74 Å². The molecular weight excluding hydrogens is 416 g/mol. The number of hydrogen-bond donors (Lipinski definition) is 0. The molecule has 4 rings (SSSR count). The highest BCUT2D eigenvalue weighted by atomic mass is 79.9. The number of halogens is 1. The fraction of sp³-hybridized carbons (Fsp3) is 0.167. The zero-order chi connectivity index (χ0) is 18.6. The minimum Gasteiger partial charge on any atom is -0.489 e. The molecule has 0 aliphatic heterocycles. The van der Waals surface area contributed by atoms with Crippen molar-refractivity contribution in [2.24, 2.45) is 0 Å². The van der Waals surface area contributed by atoms with Crippen LogP contribution in [0.3, 0.4) is 0 Å². The van der Waals surface area contributed by atoms with E-state index in [2.05, 4.69) is 76.8 Å². The summed E-state index contributed by atoms with van der Waals surface area (Å²) >= 11 is 5.59. The van der Waals surface area contributed by atoms with Crippen LogP contribution in [0.2, 0.25) is 0 Å². The van der Waals surface area contributed by atoms with Crippen LogP contribution >= 0.6 is 27.7 Å². The minimum atomic E-state index is 0.599. The summed E-state index contributed by atoms with van der Waals surface area (Å²) in [6.45, 7) is 0.599. The molecule has 0 spiro atoms. The van der Waals surface area contributed by atoms with Crippen LogP contribution in [0.25, 0.3) is 5.57 Å². The predicted molar refractivity (Wildman–Crippen MR) is 119 cm³/mol. The van der Waals surface area contributed by atoms with Crippen LogP contribution in [-0.4, -0.2) is 6.26 Å². The van der Waals surface area contributed by atoms with E-state index in [9.17, 15) is 0 Å². The molecule has 3 heteroatoms. The van der Waals surface area contributed by atoms with Crippen LogP contribution in [-0.2, 0) is 13.0 Å². The van der Waals surface area contributed by atoms with Crippen molar-refractivity contribution in [2.45, 2.75) is 24.3 Å². The molecule has 0 N–H and O–H groups in total. The molecule has 0 fully saturated rings. The maximum atomic E-state index is 6.03. The second-order valence-electron chi connectivity index (χ2n) is 6.60. The van der Waals surface area contributed by atoms with E-state index in [1.807, 2.05) is 18.2 Å². The molecule has 0 bridgehead atoms. The van der Waals surface area contributed by atoms with Crippen molar-refractivity contribution in [2.75, 3.05) is 6.26 Å². The predicted octanol–water partition coefficient (Wildman–Crippen LogP) is 7.09. The summed E-state index contributed by atoms with van der Waals surface area (Å²) in [5.41, 5.74) is 6.41. The van der Waals surface area contributed by atoms with Crippen LogP contribution in [0.4, 0.5) is 0 Å². The zero-order valence-electron chi connectivity index (χ0n) is 15.2. The molecule has 3 aromatic carbocycles. The molecule has 0 atom stereocenters. The molecule has 0 radical (unpaired) electrons. The number of thioether (sulfide) groups is 1. The third-order valence-electron chi connectivity index (χ3n) is 4.86. The summed E-state index contributed by atoms with van der Waals surface area (Å²) in [5.74, 6) is 0.938. The number of ether oxygens (including phenoxy) is 1. The van der Waals surface area contributed by atoms with Gasteiger partial charge in [-0.3, -0.25) is 0 Å². The lowest BCUT2D eigenvalue weighted by atomic mass is 9.87. The average Bonchev–Trinajstić information content (AvgIpc) is 2.73. The van der Waals surface area contributed by atoms with Crippen LogP contribution < -0.4 is 4.74 Å². The monoisotopic (exact) mass is 436 g/mol. The zero-order valence-corrected chi connectivity index (χ0v) is 17.6. The Hall–Kier alpha value is -1.97. The summed E-state index contributed by atoms with van der Waals surface area (Å²) in [4.78, 5) is 1.29. The first-order chi connectivity index (χ1) is 13.2. The average molecular weight is 437 g/mol. The summed E-state index contributed by atoms with van der Waals surface area (Å²) in [6.07, 6.45) is 4.16. The molecule has 0 saturated heterocycles. The molecule has 0 aromatic heterocycles. The van der Waals surface area contributed by atoms with Gasteiger partial charge in [-0.05, 0) is 71.2 Å². The summed E-state index contributed by atoms with van der Waals surface area (Å²) < 4.78 is 7.31. The highest BCUT2D eigenvalue weighted by Crippen LogP contribution is 2.40. The Bertz CT molecular complexity index is 961. The van der Waals surface area contributed by atoms with Gasteiger partial charge in [0.2, 0.25) is 0 Å². The number of rotatable bonds is 5. The van der Waals surface area contributed by atoms with E-state index in [0.717, 1.165) is 18.6 Å². The second kappa shape index (κ2) is 8.37. The van der Waals surface area contributed by atoms with Crippen LogP contribution in [0.15, 0.2) is 82.2 Å². The highest BCUT2D eigenvalue weighted by molar-refractivity contribution is 9.11. The molecule has 0 saturated carbocycles. The highest BCUT2D eigenvalue weighted by Gasteiger charge is 2.19. The van der Waals surface area contributed by atoms with Crippen molar-refractivity contribution in [3.63, 3.8) is 0 Å². The third kappa shape index (κ3) is 4.15. The van der Waals surface area contributed by atoms with E-state index in [1.54, 1.807) is 11.8 Å². The molecular formula is C24H21BrOS. The van der Waals surface area contributed by atoms with Gasteiger partial charge < -0.3 is 4.74 Å². The lowest BCUT2D eigenvalue weighted by Gasteiger charge is -2.22. The molecule has 1 nitrogen and oxygen atoms in total.